The van der Waals surface area contributed by atoms with Gasteiger partial charge < -0.3 is 10.2 Å². The van der Waals surface area contributed by atoms with Crippen molar-refractivity contribution in [3.63, 3.8) is 0 Å². The zero-order valence-corrected chi connectivity index (χ0v) is 7.43. The highest BCUT2D eigenvalue weighted by atomic mass is 16.3. The Morgan fingerprint density at radius 3 is 2.09 bits per heavy atom. The highest BCUT2D eigenvalue weighted by molar-refractivity contribution is 5.00. The summed E-state index contributed by atoms with van der Waals surface area (Å²) in [5.41, 5.74) is 0.0519. The van der Waals surface area contributed by atoms with Crippen LogP contribution in [0.3, 0.4) is 0 Å². The third-order valence-corrected chi connectivity index (χ3v) is 2.12. The molecule has 2 N–H and O–H groups in total. The number of aliphatic hydroxyl groups excluding tert-OH is 1. The standard InChI is InChI=1S/C9H18O2/c1-4-9(11,5-2)6-8(3)7-10/h10-11H,3-7H2,1-2H3. The normalized spacial score (nSPS) is 11.6. The van der Waals surface area contributed by atoms with Crippen molar-refractivity contribution in [2.75, 3.05) is 6.61 Å². The monoisotopic (exact) mass is 158 g/mol. The molecule has 0 spiro atoms. The van der Waals surface area contributed by atoms with Gasteiger partial charge in [0.05, 0.1) is 12.2 Å². The smallest absolute Gasteiger partial charge is 0.0680 e. The van der Waals surface area contributed by atoms with Crippen LogP contribution in [0.15, 0.2) is 12.2 Å². The van der Waals surface area contributed by atoms with Crippen molar-refractivity contribution in [3.8, 4) is 0 Å². The molecule has 2 nitrogen and oxygen atoms in total. The molecule has 66 valence electrons. The van der Waals surface area contributed by atoms with Gasteiger partial charge in [0.2, 0.25) is 0 Å². The molecule has 0 amide bonds. The van der Waals surface area contributed by atoms with Gasteiger partial charge in [0.25, 0.3) is 0 Å². The van der Waals surface area contributed by atoms with Crippen molar-refractivity contribution in [1.82, 2.24) is 0 Å². The molecule has 0 unspecified atom stereocenters. The lowest BCUT2D eigenvalue weighted by atomic mass is 9.90. The summed E-state index contributed by atoms with van der Waals surface area (Å²) in [6, 6.07) is 0. The molecule has 0 aromatic rings. The van der Waals surface area contributed by atoms with Gasteiger partial charge in [0, 0.05) is 0 Å². The molecule has 0 rings (SSSR count). The minimum absolute atomic E-state index is 0.0255. The SMILES string of the molecule is C=C(CO)CC(O)(CC)CC. The van der Waals surface area contributed by atoms with E-state index in [1.807, 2.05) is 13.8 Å². The molecule has 0 aliphatic heterocycles. The minimum Gasteiger partial charge on any atom is -0.392 e. The fourth-order valence-electron chi connectivity index (χ4n) is 1.02. The van der Waals surface area contributed by atoms with Gasteiger partial charge in [-0.3, -0.25) is 0 Å². The minimum atomic E-state index is -0.653. The molecule has 0 aromatic carbocycles. The maximum Gasteiger partial charge on any atom is 0.0680 e. The molecule has 0 bridgehead atoms. The highest BCUT2D eigenvalue weighted by Crippen LogP contribution is 2.22. The summed E-state index contributed by atoms with van der Waals surface area (Å²) in [4.78, 5) is 0. The highest BCUT2D eigenvalue weighted by Gasteiger charge is 2.22. The molecule has 0 aliphatic rings. The van der Waals surface area contributed by atoms with Crippen LogP contribution in [0.25, 0.3) is 0 Å². The van der Waals surface area contributed by atoms with Crippen LogP contribution < -0.4 is 0 Å². The van der Waals surface area contributed by atoms with E-state index in [1.54, 1.807) is 0 Å². The van der Waals surface area contributed by atoms with Gasteiger partial charge in [-0.15, -0.1) is 0 Å². The van der Waals surface area contributed by atoms with Gasteiger partial charge in [-0.2, -0.15) is 0 Å². The van der Waals surface area contributed by atoms with E-state index in [1.165, 1.54) is 0 Å². The van der Waals surface area contributed by atoms with Crippen molar-refractivity contribution in [2.45, 2.75) is 38.7 Å². The Kier molecular flexibility index (Phi) is 4.38. The molecular formula is C9H18O2. The van der Waals surface area contributed by atoms with Gasteiger partial charge in [-0.05, 0) is 24.8 Å². The summed E-state index contributed by atoms with van der Waals surface area (Å²) in [5.74, 6) is 0. The van der Waals surface area contributed by atoms with Crippen LogP contribution in [0.4, 0.5) is 0 Å². The van der Waals surface area contributed by atoms with Crippen LogP contribution in [0, 0.1) is 0 Å². The lowest BCUT2D eigenvalue weighted by Crippen LogP contribution is -2.27. The first kappa shape index (κ1) is 10.7. The Bertz CT molecular complexity index is 126. The van der Waals surface area contributed by atoms with Crippen molar-refractivity contribution in [1.29, 1.82) is 0 Å². The van der Waals surface area contributed by atoms with Crippen LogP contribution >= 0.6 is 0 Å². The number of rotatable bonds is 5. The van der Waals surface area contributed by atoms with E-state index in [9.17, 15) is 5.11 Å². The van der Waals surface area contributed by atoms with E-state index < -0.39 is 5.60 Å². The maximum absolute atomic E-state index is 9.76. The second kappa shape index (κ2) is 4.52. The maximum atomic E-state index is 9.76. The first-order valence-corrected chi connectivity index (χ1v) is 4.08. The Morgan fingerprint density at radius 1 is 1.36 bits per heavy atom. The summed E-state index contributed by atoms with van der Waals surface area (Å²) in [6.45, 7) is 7.50. The quantitative estimate of drug-likeness (QED) is 0.595. The average molecular weight is 158 g/mol. The number of hydrogen-bond donors (Lipinski definition) is 2. The van der Waals surface area contributed by atoms with E-state index >= 15 is 0 Å². The summed E-state index contributed by atoms with van der Waals surface area (Å²) in [7, 11) is 0. The van der Waals surface area contributed by atoms with E-state index in [0.717, 1.165) is 0 Å². The van der Waals surface area contributed by atoms with Gasteiger partial charge in [0.1, 0.15) is 0 Å². The molecule has 0 aliphatic carbocycles. The van der Waals surface area contributed by atoms with Crippen molar-refractivity contribution < 1.29 is 10.2 Å². The molecule has 0 atom stereocenters. The van der Waals surface area contributed by atoms with Crippen LogP contribution in [-0.4, -0.2) is 22.4 Å². The second-order valence-electron chi connectivity index (χ2n) is 3.02. The Hall–Kier alpha value is -0.340. The molecule has 0 fully saturated rings. The van der Waals surface area contributed by atoms with Gasteiger partial charge >= 0.3 is 0 Å². The van der Waals surface area contributed by atoms with Crippen LogP contribution in [-0.2, 0) is 0 Å². The van der Waals surface area contributed by atoms with Crippen LogP contribution in [0.1, 0.15) is 33.1 Å². The Morgan fingerprint density at radius 2 is 1.82 bits per heavy atom. The fraction of sp³-hybridized carbons (Fsp3) is 0.778. The number of hydrogen-bond acceptors (Lipinski definition) is 2. The molecule has 0 heterocycles. The van der Waals surface area contributed by atoms with E-state index in [0.29, 0.717) is 24.8 Å². The third kappa shape index (κ3) is 3.54. The van der Waals surface area contributed by atoms with Crippen molar-refractivity contribution in [2.24, 2.45) is 0 Å². The fourth-order valence-corrected chi connectivity index (χ4v) is 1.02. The molecule has 2 heteroatoms. The van der Waals surface area contributed by atoms with Crippen molar-refractivity contribution in [3.05, 3.63) is 12.2 Å². The largest absolute Gasteiger partial charge is 0.392 e. The van der Waals surface area contributed by atoms with Gasteiger partial charge in [-0.25, -0.2) is 0 Å². The zero-order valence-electron chi connectivity index (χ0n) is 7.43. The summed E-state index contributed by atoms with van der Waals surface area (Å²) < 4.78 is 0. The predicted octanol–water partition coefficient (Wildman–Crippen LogP) is 1.48. The third-order valence-electron chi connectivity index (χ3n) is 2.12. The van der Waals surface area contributed by atoms with E-state index in [4.69, 9.17) is 5.11 Å². The molecule has 0 saturated carbocycles. The van der Waals surface area contributed by atoms with Crippen LogP contribution in [0.2, 0.25) is 0 Å². The summed E-state index contributed by atoms with van der Waals surface area (Å²) >= 11 is 0. The van der Waals surface area contributed by atoms with Gasteiger partial charge in [-0.1, -0.05) is 20.4 Å². The van der Waals surface area contributed by atoms with Crippen LogP contribution in [0.5, 0.6) is 0 Å². The Balaban J connectivity index is 3.96. The first-order chi connectivity index (χ1) is 5.08. The number of aliphatic hydroxyl groups is 2. The topological polar surface area (TPSA) is 40.5 Å². The predicted molar refractivity (Wildman–Crippen MR) is 46.4 cm³/mol. The second-order valence-corrected chi connectivity index (χ2v) is 3.02. The van der Waals surface area contributed by atoms with E-state index in [-0.39, 0.29) is 6.61 Å². The molecule has 0 aromatic heterocycles. The molecule has 0 radical (unpaired) electrons. The first-order valence-electron chi connectivity index (χ1n) is 4.08. The summed E-state index contributed by atoms with van der Waals surface area (Å²) in [5, 5.41) is 18.4. The molecule has 0 saturated heterocycles. The van der Waals surface area contributed by atoms with Gasteiger partial charge in [0.15, 0.2) is 0 Å². The molecule has 11 heavy (non-hydrogen) atoms. The summed E-state index contributed by atoms with van der Waals surface area (Å²) in [6.07, 6.45) is 1.93. The molecular weight excluding hydrogens is 140 g/mol. The Labute approximate surface area is 68.6 Å². The van der Waals surface area contributed by atoms with Crippen molar-refractivity contribution >= 4 is 0 Å². The van der Waals surface area contributed by atoms with E-state index in [2.05, 4.69) is 6.58 Å². The lowest BCUT2D eigenvalue weighted by Gasteiger charge is -2.25. The lowest BCUT2D eigenvalue weighted by molar-refractivity contribution is 0.0304. The average Bonchev–Trinajstić information content (AvgIpc) is 2.04. The zero-order chi connectivity index (χ0) is 8.91.